The number of piperidine rings is 1. The molecular weight excluding hydrogens is 352 g/mol. The van der Waals surface area contributed by atoms with Crippen LogP contribution in [0.3, 0.4) is 0 Å². The summed E-state index contributed by atoms with van der Waals surface area (Å²) in [4.78, 5) is 28.8. The van der Waals surface area contributed by atoms with E-state index in [1.807, 2.05) is 47.8 Å². The average molecular weight is 377 g/mol. The van der Waals surface area contributed by atoms with Gasteiger partial charge < -0.3 is 14.4 Å². The first-order chi connectivity index (χ1) is 13.5. The first kappa shape index (κ1) is 18.5. The number of quaternary nitrogens is 1. The quantitative estimate of drug-likeness (QED) is 0.846. The van der Waals surface area contributed by atoms with Gasteiger partial charge in [0.15, 0.2) is 6.54 Å². The predicted molar refractivity (Wildman–Crippen MR) is 106 cm³/mol. The second-order valence-electron chi connectivity index (χ2n) is 8.26. The normalized spacial score (nSPS) is 20.6. The fraction of sp³-hybridized carbons (Fsp3) is 0.409. The van der Waals surface area contributed by atoms with E-state index in [4.69, 9.17) is 5.26 Å². The number of benzene rings is 1. The molecule has 2 atom stereocenters. The third kappa shape index (κ3) is 3.34. The maximum absolute atomic E-state index is 13.2. The molecule has 2 aliphatic heterocycles. The molecule has 0 aliphatic carbocycles. The van der Waals surface area contributed by atoms with Gasteiger partial charge in [0.25, 0.3) is 11.5 Å². The maximum Gasteiger partial charge on any atom is 0.277 e. The maximum atomic E-state index is 13.2. The van der Waals surface area contributed by atoms with Crippen LogP contribution in [-0.4, -0.2) is 49.1 Å². The van der Waals surface area contributed by atoms with Gasteiger partial charge in [0.1, 0.15) is 0 Å². The van der Waals surface area contributed by atoms with Crippen LogP contribution >= 0.6 is 0 Å². The minimum Gasteiger partial charge on any atom is -0.337 e. The number of likely N-dealkylation sites (tertiary alicyclic amines) is 1. The summed E-state index contributed by atoms with van der Waals surface area (Å²) in [6.07, 6.45) is 1.03. The summed E-state index contributed by atoms with van der Waals surface area (Å²) < 4.78 is 1.90. The van der Waals surface area contributed by atoms with Gasteiger partial charge in [-0.1, -0.05) is 12.1 Å². The van der Waals surface area contributed by atoms with Crippen LogP contribution in [0.4, 0.5) is 0 Å². The zero-order valence-electron chi connectivity index (χ0n) is 16.3. The van der Waals surface area contributed by atoms with Crippen molar-refractivity contribution in [1.82, 2.24) is 9.47 Å². The van der Waals surface area contributed by atoms with Crippen molar-refractivity contribution in [3.8, 4) is 17.2 Å². The van der Waals surface area contributed by atoms with Gasteiger partial charge in [0.05, 0.1) is 25.7 Å². The van der Waals surface area contributed by atoms with Gasteiger partial charge >= 0.3 is 0 Å². The van der Waals surface area contributed by atoms with Crippen molar-refractivity contribution in [2.75, 3.05) is 33.7 Å². The van der Waals surface area contributed by atoms with Gasteiger partial charge in [-0.15, -0.1) is 0 Å². The number of amides is 1. The molecule has 1 fully saturated rings. The topological polar surface area (TPSA) is 70.5 Å². The lowest BCUT2D eigenvalue weighted by atomic mass is 9.82. The number of pyridine rings is 1. The molecule has 0 unspecified atom stereocenters. The number of carbonyl (C=O) groups excluding carboxylic acids is 1. The van der Waals surface area contributed by atoms with Crippen LogP contribution in [0.5, 0.6) is 0 Å². The second kappa shape index (κ2) is 7.25. The molecule has 2 aliphatic rings. The Morgan fingerprint density at radius 3 is 2.79 bits per heavy atom. The van der Waals surface area contributed by atoms with E-state index >= 15 is 0 Å². The lowest BCUT2D eigenvalue weighted by Crippen LogP contribution is -3.07. The van der Waals surface area contributed by atoms with Crippen molar-refractivity contribution >= 4 is 5.91 Å². The van der Waals surface area contributed by atoms with Crippen molar-refractivity contribution in [3.05, 3.63) is 58.0 Å². The standard InChI is InChI=1S/C22H24N4O2/c1-24(2)14-21(27)25-11-16-9-18(13-25)20-7-6-19(22(28)26(20)12-16)17-5-3-4-15(8-17)10-23/h3-8,16,18H,9,11-14H2,1-2H3/p+1/t16-,18+/m0/s1. The van der Waals surface area contributed by atoms with Gasteiger partial charge in [-0.05, 0) is 42.2 Å². The Hall–Kier alpha value is -2.91. The zero-order valence-corrected chi connectivity index (χ0v) is 16.3. The number of fused-ring (bicyclic) bond motifs is 4. The molecule has 1 amide bonds. The van der Waals surface area contributed by atoms with Crippen molar-refractivity contribution in [3.63, 3.8) is 0 Å². The highest BCUT2D eigenvalue weighted by atomic mass is 16.2. The number of nitrogens with one attached hydrogen (secondary N) is 1. The number of carbonyl (C=O) groups is 1. The lowest BCUT2D eigenvalue weighted by molar-refractivity contribution is -0.849. The zero-order chi connectivity index (χ0) is 19.8. The van der Waals surface area contributed by atoms with Crippen LogP contribution in [-0.2, 0) is 11.3 Å². The molecular formula is C22H25N4O2+. The molecule has 6 heteroatoms. The minimum atomic E-state index is -0.000183. The molecule has 4 rings (SSSR count). The Bertz CT molecular complexity index is 1020. The van der Waals surface area contributed by atoms with Crippen molar-refractivity contribution in [1.29, 1.82) is 5.26 Å². The molecule has 6 nitrogen and oxygen atoms in total. The summed E-state index contributed by atoms with van der Waals surface area (Å²) in [6.45, 7) is 2.56. The molecule has 1 aromatic heterocycles. The smallest absolute Gasteiger partial charge is 0.277 e. The van der Waals surface area contributed by atoms with Gasteiger partial charge in [0, 0.05) is 36.8 Å². The number of nitriles is 1. The number of rotatable bonds is 3. The Morgan fingerprint density at radius 2 is 2.04 bits per heavy atom. The fourth-order valence-corrected chi connectivity index (χ4v) is 4.54. The van der Waals surface area contributed by atoms with E-state index in [0.29, 0.717) is 36.7 Å². The summed E-state index contributed by atoms with van der Waals surface area (Å²) in [5, 5.41) is 9.14. The Labute approximate surface area is 164 Å². The summed E-state index contributed by atoms with van der Waals surface area (Å²) in [5.74, 6) is 0.710. The van der Waals surface area contributed by atoms with Crippen LogP contribution < -0.4 is 10.5 Å². The predicted octanol–water partition coefficient (Wildman–Crippen LogP) is 0.477. The number of nitrogens with zero attached hydrogens (tertiary/aromatic N) is 3. The minimum absolute atomic E-state index is 0.000183. The first-order valence-electron chi connectivity index (χ1n) is 9.77. The monoisotopic (exact) mass is 377 g/mol. The van der Waals surface area contributed by atoms with E-state index in [1.54, 1.807) is 12.1 Å². The molecule has 1 N–H and O–H groups in total. The van der Waals surface area contributed by atoms with Crippen molar-refractivity contribution in [2.45, 2.75) is 18.9 Å². The number of hydrogen-bond donors (Lipinski definition) is 1. The van der Waals surface area contributed by atoms with Crippen LogP contribution in [0.2, 0.25) is 0 Å². The lowest BCUT2D eigenvalue weighted by Gasteiger charge is -2.42. The number of likely N-dealkylation sites (N-methyl/N-ethyl adjacent to an activating group) is 1. The first-order valence-corrected chi connectivity index (χ1v) is 9.77. The molecule has 1 aromatic carbocycles. The SMILES string of the molecule is C[NH+](C)CC(=O)N1C[C@@H]2C[C@H](C1)c1ccc(-c3cccc(C#N)c3)c(=O)n1C2. The molecule has 28 heavy (non-hydrogen) atoms. The third-order valence-corrected chi connectivity index (χ3v) is 5.76. The highest BCUT2D eigenvalue weighted by molar-refractivity contribution is 5.77. The summed E-state index contributed by atoms with van der Waals surface area (Å²) in [7, 11) is 3.97. The van der Waals surface area contributed by atoms with Crippen LogP contribution in [0, 0.1) is 17.2 Å². The van der Waals surface area contributed by atoms with Gasteiger partial charge in [-0.3, -0.25) is 9.59 Å². The van der Waals surface area contributed by atoms with Gasteiger partial charge in [-0.2, -0.15) is 5.26 Å². The van der Waals surface area contributed by atoms with E-state index < -0.39 is 0 Å². The van der Waals surface area contributed by atoms with Crippen molar-refractivity contribution in [2.24, 2.45) is 5.92 Å². The molecule has 0 saturated carbocycles. The molecule has 1 saturated heterocycles. The van der Waals surface area contributed by atoms with Gasteiger partial charge in [0.2, 0.25) is 0 Å². The third-order valence-electron chi connectivity index (χ3n) is 5.76. The molecule has 2 bridgehead atoms. The highest BCUT2D eigenvalue weighted by Crippen LogP contribution is 2.35. The molecule has 144 valence electrons. The molecule has 3 heterocycles. The largest absolute Gasteiger partial charge is 0.337 e. The Kier molecular flexibility index (Phi) is 4.78. The van der Waals surface area contributed by atoms with E-state index in [2.05, 4.69) is 6.07 Å². The van der Waals surface area contributed by atoms with Crippen LogP contribution in [0.25, 0.3) is 11.1 Å². The number of aromatic nitrogens is 1. The molecule has 0 spiro atoms. The second-order valence-corrected chi connectivity index (χ2v) is 8.26. The summed E-state index contributed by atoms with van der Waals surface area (Å²) >= 11 is 0. The van der Waals surface area contributed by atoms with E-state index in [9.17, 15) is 9.59 Å². The Morgan fingerprint density at radius 1 is 1.21 bits per heavy atom. The fourth-order valence-electron chi connectivity index (χ4n) is 4.54. The average Bonchev–Trinajstić information content (AvgIpc) is 2.68. The van der Waals surface area contributed by atoms with Crippen molar-refractivity contribution < 1.29 is 9.69 Å². The molecule has 0 radical (unpaired) electrons. The van der Waals surface area contributed by atoms with Crippen LogP contribution in [0.1, 0.15) is 23.6 Å². The highest BCUT2D eigenvalue weighted by Gasteiger charge is 2.37. The van der Waals surface area contributed by atoms with E-state index in [-0.39, 0.29) is 17.4 Å². The van der Waals surface area contributed by atoms with Gasteiger partial charge in [-0.25, -0.2) is 0 Å². The van der Waals surface area contributed by atoms with E-state index in [0.717, 1.165) is 29.1 Å². The summed E-state index contributed by atoms with van der Waals surface area (Å²) in [6, 6.07) is 13.2. The van der Waals surface area contributed by atoms with E-state index in [1.165, 1.54) is 0 Å². The summed E-state index contributed by atoms with van der Waals surface area (Å²) in [5.41, 5.74) is 2.98. The van der Waals surface area contributed by atoms with Crippen LogP contribution in [0.15, 0.2) is 41.2 Å². The molecule has 2 aromatic rings. The Balaban J connectivity index is 1.66. The number of hydrogen-bond acceptors (Lipinski definition) is 3.